The lowest BCUT2D eigenvalue weighted by molar-refractivity contribution is -0.115. The number of carbonyl (C=O) groups excluding carboxylic acids is 1. The maximum atomic E-state index is 12.0. The topological polar surface area (TPSA) is 84.6 Å². The van der Waals surface area contributed by atoms with Gasteiger partial charge in [-0.15, -0.1) is 11.8 Å². The van der Waals surface area contributed by atoms with Crippen LogP contribution in [0.2, 0.25) is 0 Å². The van der Waals surface area contributed by atoms with Crippen molar-refractivity contribution >= 4 is 29.0 Å². The summed E-state index contributed by atoms with van der Waals surface area (Å²) in [4.78, 5) is 12.0. The highest BCUT2D eigenvalue weighted by molar-refractivity contribution is 8.01. The zero-order valence-electron chi connectivity index (χ0n) is 11.3. The molecule has 0 aliphatic carbocycles. The molecule has 1 amide bonds. The van der Waals surface area contributed by atoms with Crippen molar-refractivity contribution < 1.29 is 14.6 Å². The number of ether oxygens (including phenoxy) is 1. The van der Waals surface area contributed by atoms with Gasteiger partial charge in [-0.3, -0.25) is 4.79 Å². The van der Waals surface area contributed by atoms with E-state index in [2.05, 4.69) is 5.32 Å². The van der Waals surface area contributed by atoms with Gasteiger partial charge in [0.1, 0.15) is 5.75 Å². The van der Waals surface area contributed by atoms with Crippen molar-refractivity contribution in [2.75, 3.05) is 24.8 Å². The van der Waals surface area contributed by atoms with E-state index < -0.39 is 0 Å². The van der Waals surface area contributed by atoms with E-state index in [0.29, 0.717) is 17.1 Å². The number of rotatable bonds is 6. The standard InChI is InChI=1S/C13H20N2O3S/c1-8(7-16)19-9(2)13(17)15-12-5-4-10(18-3)6-11(12)14/h4-6,8-9,16H,7,14H2,1-3H3,(H,15,17). The highest BCUT2D eigenvalue weighted by Gasteiger charge is 2.17. The molecule has 0 spiro atoms. The number of anilines is 2. The summed E-state index contributed by atoms with van der Waals surface area (Å²) in [7, 11) is 1.56. The lowest BCUT2D eigenvalue weighted by Gasteiger charge is -2.16. The summed E-state index contributed by atoms with van der Waals surface area (Å²) in [5.74, 6) is 0.508. The predicted octanol–water partition coefficient (Wildman–Crippen LogP) is 1.72. The normalized spacial score (nSPS) is 13.7. The summed E-state index contributed by atoms with van der Waals surface area (Å²) < 4.78 is 5.05. The van der Waals surface area contributed by atoms with Crippen molar-refractivity contribution in [2.24, 2.45) is 0 Å². The Hall–Kier alpha value is -1.40. The second kappa shape index (κ2) is 7.25. The summed E-state index contributed by atoms with van der Waals surface area (Å²) in [5, 5.41) is 11.5. The van der Waals surface area contributed by atoms with E-state index in [4.69, 9.17) is 15.6 Å². The SMILES string of the molecule is COc1ccc(NC(=O)C(C)SC(C)CO)c(N)c1. The zero-order chi connectivity index (χ0) is 14.4. The molecule has 0 aromatic heterocycles. The molecule has 2 atom stereocenters. The summed E-state index contributed by atoms with van der Waals surface area (Å²) >= 11 is 1.41. The number of hydrogen-bond donors (Lipinski definition) is 3. The van der Waals surface area contributed by atoms with Crippen LogP contribution in [-0.4, -0.2) is 35.2 Å². The number of aliphatic hydroxyl groups excluding tert-OH is 1. The van der Waals surface area contributed by atoms with E-state index in [1.165, 1.54) is 11.8 Å². The van der Waals surface area contributed by atoms with Crippen LogP contribution in [0.15, 0.2) is 18.2 Å². The number of methoxy groups -OCH3 is 1. The first-order valence-electron chi connectivity index (χ1n) is 5.98. The number of nitrogens with one attached hydrogen (secondary N) is 1. The molecule has 1 aromatic rings. The molecule has 1 rings (SSSR count). The van der Waals surface area contributed by atoms with Crippen molar-refractivity contribution in [2.45, 2.75) is 24.3 Å². The van der Waals surface area contributed by atoms with E-state index in [0.717, 1.165) is 0 Å². The van der Waals surface area contributed by atoms with Gasteiger partial charge in [-0.05, 0) is 19.1 Å². The fraction of sp³-hybridized carbons (Fsp3) is 0.462. The maximum absolute atomic E-state index is 12.0. The van der Waals surface area contributed by atoms with Gasteiger partial charge >= 0.3 is 0 Å². The molecule has 0 aliphatic rings. The number of nitrogen functional groups attached to an aromatic ring is 1. The first-order valence-corrected chi connectivity index (χ1v) is 6.93. The van der Waals surface area contributed by atoms with Crippen LogP contribution in [0, 0.1) is 0 Å². The Morgan fingerprint density at radius 2 is 2.21 bits per heavy atom. The van der Waals surface area contributed by atoms with Gasteiger partial charge in [-0.2, -0.15) is 0 Å². The Bertz CT molecular complexity index is 440. The van der Waals surface area contributed by atoms with E-state index in [1.54, 1.807) is 32.2 Å². The molecule has 0 fully saturated rings. The molecule has 106 valence electrons. The van der Waals surface area contributed by atoms with Crippen LogP contribution in [0.25, 0.3) is 0 Å². The lowest BCUT2D eigenvalue weighted by atomic mass is 10.2. The van der Waals surface area contributed by atoms with E-state index in [-0.39, 0.29) is 23.0 Å². The molecule has 5 nitrogen and oxygen atoms in total. The Labute approximate surface area is 117 Å². The molecule has 1 aromatic carbocycles. The highest BCUT2D eigenvalue weighted by atomic mass is 32.2. The Balaban J connectivity index is 2.66. The predicted molar refractivity (Wildman–Crippen MR) is 79.6 cm³/mol. The van der Waals surface area contributed by atoms with Crippen LogP contribution in [-0.2, 0) is 4.79 Å². The molecule has 6 heteroatoms. The van der Waals surface area contributed by atoms with Crippen LogP contribution < -0.4 is 15.8 Å². The second-order valence-corrected chi connectivity index (χ2v) is 6.00. The van der Waals surface area contributed by atoms with Gasteiger partial charge in [0, 0.05) is 11.3 Å². The third kappa shape index (κ3) is 4.65. The summed E-state index contributed by atoms with van der Waals surface area (Å²) in [6, 6.07) is 5.10. The average Bonchev–Trinajstić information content (AvgIpc) is 2.40. The molecule has 4 N–H and O–H groups in total. The van der Waals surface area contributed by atoms with Crippen LogP contribution in [0.4, 0.5) is 11.4 Å². The molecular weight excluding hydrogens is 264 g/mol. The largest absolute Gasteiger partial charge is 0.497 e. The smallest absolute Gasteiger partial charge is 0.237 e. The fourth-order valence-electron chi connectivity index (χ4n) is 1.47. The minimum atomic E-state index is -0.261. The third-order valence-corrected chi connectivity index (χ3v) is 3.82. The number of nitrogens with two attached hydrogens (primary N) is 1. The molecular formula is C13H20N2O3S. The molecule has 19 heavy (non-hydrogen) atoms. The Morgan fingerprint density at radius 1 is 1.53 bits per heavy atom. The number of carbonyl (C=O) groups is 1. The molecule has 0 saturated heterocycles. The van der Waals surface area contributed by atoms with E-state index in [1.807, 2.05) is 6.92 Å². The third-order valence-electron chi connectivity index (χ3n) is 2.58. The second-order valence-electron chi connectivity index (χ2n) is 4.21. The summed E-state index contributed by atoms with van der Waals surface area (Å²) in [6.07, 6.45) is 0. The van der Waals surface area contributed by atoms with Gasteiger partial charge in [-0.1, -0.05) is 6.92 Å². The lowest BCUT2D eigenvalue weighted by Crippen LogP contribution is -2.25. The fourth-order valence-corrected chi connectivity index (χ4v) is 2.43. The molecule has 0 saturated carbocycles. The Morgan fingerprint density at radius 3 is 2.74 bits per heavy atom. The van der Waals surface area contributed by atoms with E-state index in [9.17, 15) is 4.79 Å². The number of thioether (sulfide) groups is 1. The van der Waals surface area contributed by atoms with Crippen LogP contribution in [0.1, 0.15) is 13.8 Å². The van der Waals surface area contributed by atoms with Gasteiger partial charge < -0.3 is 20.9 Å². The maximum Gasteiger partial charge on any atom is 0.237 e. The molecule has 0 heterocycles. The van der Waals surface area contributed by atoms with Gasteiger partial charge in [0.15, 0.2) is 0 Å². The molecule has 2 unspecified atom stereocenters. The Kier molecular flexibility index (Phi) is 5.98. The van der Waals surface area contributed by atoms with E-state index >= 15 is 0 Å². The minimum Gasteiger partial charge on any atom is -0.497 e. The summed E-state index contributed by atoms with van der Waals surface area (Å²) in [6.45, 7) is 3.72. The van der Waals surface area contributed by atoms with Crippen molar-refractivity contribution in [1.82, 2.24) is 0 Å². The molecule has 0 bridgehead atoms. The average molecular weight is 284 g/mol. The van der Waals surface area contributed by atoms with Gasteiger partial charge in [-0.25, -0.2) is 0 Å². The van der Waals surface area contributed by atoms with Gasteiger partial charge in [0.2, 0.25) is 5.91 Å². The van der Waals surface area contributed by atoms with Crippen molar-refractivity contribution in [3.8, 4) is 5.75 Å². The van der Waals surface area contributed by atoms with Crippen molar-refractivity contribution in [3.63, 3.8) is 0 Å². The zero-order valence-corrected chi connectivity index (χ0v) is 12.2. The number of amides is 1. The minimum absolute atomic E-state index is 0.0222. The first-order chi connectivity index (χ1) is 8.97. The monoisotopic (exact) mass is 284 g/mol. The highest BCUT2D eigenvalue weighted by Crippen LogP contribution is 2.25. The number of aliphatic hydroxyl groups is 1. The van der Waals surface area contributed by atoms with Crippen LogP contribution in [0.5, 0.6) is 5.75 Å². The summed E-state index contributed by atoms with van der Waals surface area (Å²) in [5.41, 5.74) is 6.85. The van der Waals surface area contributed by atoms with Crippen LogP contribution in [0.3, 0.4) is 0 Å². The number of benzene rings is 1. The van der Waals surface area contributed by atoms with Crippen molar-refractivity contribution in [3.05, 3.63) is 18.2 Å². The quantitative estimate of drug-likeness (QED) is 0.693. The van der Waals surface area contributed by atoms with Gasteiger partial charge in [0.05, 0.1) is 30.3 Å². The van der Waals surface area contributed by atoms with Crippen molar-refractivity contribution in [1.29, 1.82) is 0 Å². The molecule has 0 aliphatic heterocycles. The van der Waals surface area contributed by atoms with Crippen LogP contribution >= 0.6 is 11.8 Å². The first kappa shape index (κ1) is 15.7. The number of hydrogen-bond acceptors (Lipinski definition) is 5. The van der Waals surface area contributed by atoms with Gasteiger partial charge in [0.25, 0.3) is 0 Å². The molecule has 0 radical (unpaired) electrons.